The van der Waals surface area contributed by atoms with Gasteiger partial charge in [0.15, 0.2) is 5.82 Å². The third-order valence-corrected chi connectivity index (χ3v) is 4.05. The topological polar surface area (TPSA) is 61.4 Å². The van der Waals surface area contributed by atoms with Crippen molar-refractivity contribution in [3.05, 3.63) is 61.1 Å². The molecule has 1 aromatic carbocycles. The molecule has 3 aromatic heterocycles. The van der Waals surface area contributed by atoms with Gasteiger partial charge in [0.2, 0.25) is 0 Å². The first-order valence-corrected chi connectivity index (χ1v) is 8.08. The summed E-state index contributed by atoms with van der Waals surface area (Å²) >= 11 is 0. The molecule has 0 aliphatic carbocycles. The quantitative estimate of drug-likeness (QED) is 0.567. The standard InChI is InChI=1S/C18H18N6/c1-2-9-24-13-21-22-17(24)12-23-10-8-20-18(23)15-5-6-16-14(11-15)4-3-7-19-16/h3-8,10-11,13H,2,9,12H2,1H3. The number of hydrogen-bond donors (Lipinski definition) is 0. The maximum Gasteiger partial charge on any atom is 0.152 e. The van der Waals surface area contributed by atoms with E-state index in [0.717, 1.165) is 41.1 Å². The maximum absolute atomic E-state index is 4.53. The zero-order valence-electron chi connectivity index (χ0n) is 13.5. The van der Waals surface area contributed by atoms with E-state index in [-0.39, 0.29) is 0 Å². The fraction of sp³-hybridized carbons (Fsp3) is 0.222. The van der Waals surface area contributed by atoms with Crippen molar-refractivity contribution in [2.24, 2.45) is 0 Å². The van der Waals surface area contributed by atoms with Crippen molar-refractivity contribution in [3.63, 3.8) is 0 Å². The van der Waals surface area contributed by atoms with E-state index in [1.165, 1.54) is 0 Å². The van der Waals surface area contributed by atoms with Crippen LogP contribution in [0, 0.1) is 0 Å². The average Bonchev–Trinajstić information content (AvgIpc) is 3.25. The highest BCUT2D eigenvalue weighted by molar-refractivity contribution is 5.83. The molecule has 0 bridgehead atoms. The molecule has 6 nitrogen and oxygen atoms in total. The number of imidazole rings is 1. The van der Waals surface area contributed by atoms with E-state index in [0.29, 0.717) is 6.54 Å². The number of aromatic nitrogens is 6. The molecule has 0 amide bonds. The summed E-state index contributed by atoms with van der Waals surface area (Å²) < 4.78 is 4.20. The molecule has 0 unspecified atom stereocenters. The number of hydrogen-bond acceptors (Lipinski definition) is 4. The van der Waals surface area contributed by atoms with Crippen LogP contribution in [-0.2, 0) is 13.1 Å². The molecule has 0 saturated heterocycles. The van der Waals surface area contributed by atoms with Crippen LogP contribution in [0.1, 0.15) is 19.2 Å². The lowest BCUT2D eigenvalue weighted by Gasteiger charge is -2.09. The lowest BCUT2D eigenvalue weighted by atomic mass is 10.1. The molecule has 0 N–H and O–H groups in total. The molecule has 0 aliphatic rings. The molecule has 0 radical (unpaired) electrons. The molecule has 24 heavy (non-hydrogen) atoms. The Kier molecular flexibility index (Phi) is 3.78. The third kappa shape index (κ3) is 2.67. The molecule has 0 atom stereocenters. The first-order chi connectivity index (χ1) is 11.8. The average molecular weight is 318 g/mol. The second-order valence-corrected chi connectivity index (χ2v) is 5.73. The molecular weight excluding hydrogens is 300 g/mol. The Balaban J connectivity index is 1.69. The number of pyridine rings is 1. The molecule has 3 heterocycles. The van der Waals surface area contributed by atoms with Gasteiger partial charge in [-0.2, -0.15) is 0 Å². The second kappa shape index (κ2) is 6.23. The van der Waals surface area contributed by atoms with E-state index in [1.807, 2.05) is 30.7 Å². The van der Waals surface area contributed by atoms with Crippen LogP contribution in [0.2, 0.25) is 0 Å². The summed E-state index contributed by atoms with van der Waals surface area (Å²) in [7, 11) is 0. The zero-order valence-corrected chi connectivity index (χ0v) is 13.5. The summed E-state index contributed by atoms with van der Waals surface area (Å²) in [4.78, 5) is 8.90. The Morgan fingerprint density at radius 2 is 2.00 bits per heavy atom. The van der Waals surface area contributed by atoms with Crippen LogP contribution in [-0.4, -0.2) is 29.3 Å². The summed E-state index contributed by atoms with van der Waals surface area (Å²) in [5, 5.41) is 9.39. The van der Waals surface area contributed by atoms with Gasteiger partial charge in [0.25, 0.3) is 0 Å². The van der Waals surface area contributed by atoms with Crippen molar-refractivity contribution < 1.29 is 0 Å². The Morgan fingerprint density at radius 3 is 2.92 bits per heavy atom. The minimum absolute atomic E-state index is 0.653. The molecule has 4 rings (SSSR count). The molecule has 120 valence electrons. The van der Waals surface area contributed by atoms with Crippen molar-refractivity contribution in [2.75, 3.05) is 0 Å². The highest BCUT2D eigenvalue weighted by Gasteiger charge is 2.10. The fourth-order valence-electron chi connectivity index (χ4n) is 2.89. The van der Waals surface area contributed by atoms with E-state index in [4.69, 9.17) is 0 Å². The largest absolute Gasteiger partial charge is 0.323 e. The smallest absolute Gasteiger partial charge is 0.152 e. The van der Waals surface area contributed by atoms with Crippen LogP contribution in [0.25, 0.3) is 22.3 Å². The normalized spacial score (nSPS) is 11.2. The molecule has 0 fully saturated rings. The highest BCUT2D eigenvalue weighted by Crippen LogP contribution is 2.22. The molecule has 6 heteroatoms. The Labute approximate surface area is 139 Å². The van der Waals surface area contributed by atoms with E-state index in [1.54, 1.807) is 6.33 Å². The van der Waals surface area contributed by atoms with Crippen LogP contribution >= 0.6 is 0 Å². The Bertz CT molecular complexity index is 968. The summed E-state index contributed by atoms with van der Waals surface area (Å²) in [5.41, 5.74) is 2.06. The predicted molar refractivity (Wildman–Crippen MR) is 92.4 cm³/mol. The van der Waals surface area contributed by atoms with Crippen molar-refractivity contribution in [1.29, 1.82) is 0 Å². The molecule has 0 saturated carbocycles. The Hall–Kier alpha value is -3.02. The van der Waals surface area contributed by atoms with Gasteiger partial charge in [0.05, 0.1) is 12.1 Å². The second-order valence-electron chi connectivity index (χ2n) is 5.73. The molecule has 0 aliphatic heterocycles. The molecule has 4 aromatic rings. The number of rotatable bonds is 5. The Morgan fingerprint density at radius 1 is 1.04 bits per heavy atom. The van der Waals surface area contributed by atoms with Gasteiger partial charge in [-0.05, 0) is 30.7 Å². The van der Waals surface area contributed by atoms with Gasteiger partial charge in [-0.3, -0.25) is 4.98 Å². The van der Waals surface area contributed by atoms with E-state index in [2.05, 4.69) is 54.4 Å². The number of benzene rings is 1. The van der Waals surface area contributed by atoms with Gasteiger partial charge in [-0.15, -0.1) is 10.2 Å². The molecule has 0 spiro atoms. The highest BCUT2D eigenvalue weighted by atomic mass is 15.3. The van der Waals surface area contributed by atoms with Crippen molar-refractivity contribution in [1.82, 2.24) is 29.3 Å². The minimum Gasteiger partial charge on any atom is -0.323 e. The van der Waals surface area contributed by atoms with Crippen molar-refractivity contribution >= 4 is 10.9 Å². The molecular formula is C18H18N6. The van der Waals surface area contributed by atoms with Crippen LogP contribution in [0.5, 0.6) is 0 Å². The lowest BCUT2D eigenvalue weighted by molar-refractivity contribution is 0.613. The SMILES string of the molecule is CCCn1cnnc1Cn1ccnc1-c1ccc2ncccc2c1. The number of nitrogens with zero attached hydrogens (tertiary/aromatic N) is 6. The van der Waals surface area contributed by atoms with Gasteiger partial charge in [0.1, 0.15) is 12.2 Å². The first kappa shape index (κ1) is 14.6. The van der Waals surface area contributed by atoms with E-state index in [9.17, 15) is 0 Å². The monoisotopic (exact) mass is 318 g/mol. The van der Waals surface area contributed by atoms with Crippen LogP contribution in [0.4, 0.5) is 0 Å². The van der Waals surface area contributed by atoms with Crippen LogP contribution in [0.15, 0.2) is 55.2 Å². The number of aryl methyl sites for hydroxylation is 1. The van der Waals surface area contributed by atoms with Gasteiger partial charge >= 0.3 is 0 Å². The summed E-state index contributed by atoms with van der Waals surface area (Å²) in [5.74, 6) is 1.87. The van der Waals surface area contributed by atoms with Crippen molar-refractivity contribution in [3.8, 4) is 11.4 Å². The summed E-state index contributed by atoms with van der Waals surface area (Å²) in [6.45, 7) is 3.73. The van der Waals surface area contributed by atoms with Gasteiger partial charge in [0, 0.05) is 36.1 Å². The van der Waals surface area contributed by atoms with Gasteiger partial charge in [-0.25, -0.2) is 4.98 Å². The maximum atomic E-state index is 4.53. The van der Waals surface area contributed by atoms with Gasteiger partial charge < -0.3 is 9.13 Å². The van der Waals surface area contributed by atoms with Crippen LogP contribution < -0.4 is 0 Å². The summed E-state index contributed by atoms with van der Waals surface area (Å²) in [6.07, 6.45) is 8.46. The number of fused-ring (bicyclic) bond motifs is 1. The van der Waals surface area contributed by atoms with E-state index < -0.39 is 0 Å². The van der Waals surface area contributed by atoms with E-state index >= 15 is 0 Å². The predicted octanol–water partition coefficient (Wildman–Crippen LogP) is 3.15. The summed E-state index contributed by atoms with van der Waals surface area (Å²) in [6, 6.07) is 10.2. The van der Waals surface area contributed by atoms with Gasteiger partial charge in [-0.1, -0.05) is 13.0 Å². The fourth-order valence-corrected chi connectivity index (χ4v) is 2.89. The lowest BCUT2D eigenvalue weighted by Crippen LogP contribution is -2.09. The minimum atomic E-state index is 0.653. The zero-order chi connectivity index (χ0) is 16.4. The first-order valence-electron chi connectivity index (χ1n) is 8.08. The van der Waals surface area contributed by atoms with Crippen molar-refractivity contribution in [2.45, 2.75) is 26.4 Å². The van der Waals surface area contributed by atoms with Crippen LogP contribution in [0.3, 0.4) is 0 Å². The third-order valence-electron chi connectivity index (χ3n) is 4.05.